The molecule has 3 aromatic rings. The van der Waals surface area contributed by atoms with E-state index in [1.165, 1.54) is 6.20 Å². The first-order chi connectivity index (χ1) is 12.6. The van der Waals surface area contributed by atoms with Crippen LogP contribution in [0, 0.1) is 0 Å². The number of nitrogen functional groups attached to an aromatic ring is 1. The third kappa shape index (κ3) is 4.45. The van der Waals surface area contributed by atoms with Crippen LogP contribution in [0.2, 0.25) is 0 Å². The first kappa shape index (κ1) is 17.2. The van der Waals surface area contributed by atoms with E-state index >= 15 is 0 Å². The van der Waals surface area contributed by atoms with Gasteiger partial charge < -0.3 is 16.4 Å². The van der Waals surface area contributed by atoms with Crippen molar-refractivity contribution in [3.05, 3.63) is 89.7 Å². The van der Waals surface area contributed by atoms with Crippen LogP contribution in [0.15, 0.2) is 73.1 Å². The number of carbonyl (C=O) groups excluding carboxylic acids is 2. The van der Waals surface area contributed by atoms with E-state index in [9.17, 15) is 9.59 Å². The van der Waals surface area contributed by atoms with Crippen LogP contribution < -0.4 is 16.4 Å². The normalized spacial score (nSPS) is 10.2. The van der Waals surface area contributed by atoms with Crippen molar-refractivity contribution in [2.24, 2.45) is 0 Å². The summed E-state index contributed by atoms with van der Waals surface area (Å²) in [5, 5.41) is 5.66. The summed E-state index contributed by atoms with van der Waals surface area (Å²) in [5.41, 5.74) is 8.78. The van der Waals surface area contributed by atoms with E-state index in [0.717, 1.165) is 5.56 Å². The Bertz CT molecular complexity index is 909. The van der Waals surface area contributed by atoms with E-state index in [-0.39, 0.29) is 11.8 Å². The molecule has 0 aliphatic rings. The molecule has 0 spiro atoms. The predicted octanol–water partition coefficient (Wildman–Crippen LogP) is 2.85. The van der Waals surface area contributed by atoms with Crippen molar-refractivity contribution >= 4 is 23.2 Å². The maximum absolute atomic E-state index is 12.3. The molecule has 1 heterocycles. The molecule has 0 atom stereocenters. The first-order valence-corrected chi connectivity index (χ1v) is 8.06. The Morgan fingerprint density at radius 2 is 1.73 bits per heavy atom. The molecule has 4 N–H and O–H groups in total. The lowest BCUT2D eigenvalue weighted by atomic mass is 10.1. The number of hydrogen-bond donors (Lipinski definition) is 3. The smallest absolute Gasteiger partial charge is 0.255 e. The van der Waals surface area contributed by atoms with E-state index in [1.807, 2.05) is 18.2 Å². The van der Waals surface area contributed by atoms with Crippen LogP contribution in [-0.2, 0) is 6.54 Å². The molecule has 1 aromatic heterocycles. The minimum Gasteiger partial charge on any atom is -0.399 e. The summed E-state index contributed by atoms with van der Waals surface area (Å²) in [6, 6.07) is 17.4. The molecule has 130 valence electrons. The summed E-state index contributed by atoms with van der Waals surface area (Å²) in [5.74, 6) is -0.420. The third-order valence-corrected chi connectivity index (χ3v) is 3.73. The van der Waals surface area contributed by atoms with Crippen LogP contribution in [0.1, 0.15) is 26.3 Å². The molecule has 0 radical (unpaired) electrons. The van der Waals surface area contributed by atoms with Crippen molar-refractivity contribution in [1.29, 1.82) is 0 Å². The number of carbonyl (C=O) groups is 2. The third-order valence-electron chi connectivity index (χ3n) is 3.73. The Kier molecular flexibility index (Phi) is 5.24. The number of rotatable bonds is 5. The fourth-order valence-corrected chi connectivity index (χ4v) is 2.38. The summed E-state index contributed by atoms with van der Waals surface area (Å²) >= 11 is 0. The minimum atomic E-state index is -0.221. The SMILES string of the molecule is Nc1ccc(C(=O)Nc2cccc(CNC(=O)c3cccnc3)c2)cc1. The lowest BCUT2D eigenvalue weighted by Gasteiger charge is -2.09. The van der Waals surface area contributed by atoms with E-state index in [2.05, 4.69) is 15.6 Å². The van der Waals surface area contributed by atoms with Crippen LogP contribution in [0.5, 0.6) is 0 Å². The monoisotopic (exact) mass is 346 g/mol. The molecule has 2 amide bonds. The van der Waals surface area contributed by atoms with Gasteiger partial charge in [-0.15, -0.1) is 0 Å². The van der Waals surface area contributed by atoms with Gasteiger partial charge in [0.15, 0.2) is 0 Å². The Balaban J connectivity index is 1.62. The van der Waals surface area contributed by atoms with Crippen molar-refractivity contribution in [2.75, 3.05) is 11.1 Å². The van der Waals surface area contributed by atoms with Crippen LogP contribution in [-0.4, -0.2) is 16.8 Å². The van der Waals surface area contributed by atoms with E-state index in [1.54, 1.807) is 48.7 Å². The molecule has 0 unspecified atom stereocenters. The molecule has 0 fully saturated rings. The number of benzene rings is 2. The van der Waals surface area contributed by atoms with Gasteiger partial charge in [0, 0.05) is 35.9 Å². The minimum absolute atomic E-state index is 0.200. The average Bonchev–Trinajstić information content (AvgIpc) is 2.67. The van der Waals surface area contributed by atoms with Crippen LogP contribution in [0.25, 0.3) is 0 Å². The van der Waals surface area contributed by atoms with Gasteiger partial charge in [-0.25, -0.2) is 0 Å². The maximum atomic E-state index is 12.3. The number of pyridine rings is 1. The van der Waals surface area contributed by atoms with Gasteiger partial charge in [0.2, 0.25) is 0 Å². The highest BCUT2D eigenvalue weighted by molar-refractivity contribution is 6.04. The van der Waals surface area contributed by atoms with Gasteiger partial charge in [0.1, 0.15) is 0 Å². The summed E-state index contributed by atoms with van der Waals surface area (Å²) in [6.45, 7) is 0.347. The number of anilines is 2. The van der Waals surface area contributed by atoms with Gasteiger partial charge in [-0.1, -0.05) is 12.1 Å². The second kappa shape index (κ2) is 7.94. The molecule has 6 nitrogen and oxygen atoms in total. The number of nitrogens with two attached hydrogens (primary N) is 1. The standard InChI is InChI=1S/C20H18N4O2/c21-17-8-6-15(7-9-17)20(26)24-18-5-1-3-14(11-18)12-23-19(25)16-4-2-10-22-13-16/h1-11,13H,12,21H2,(H,23,25)(H,24,26). The molecule has 0 saturated heterocycles. The quantitative estimate of drug-likeness (QED) is 0.619. The first-order valence-electron chi connectivity index (χ1n) is 8.06. The predicted molar refractivity (Wildman–Crippen MR) is 101 cm³/mol. The van der Waals surface area contributed by atoms with Crippen LogP contribution in [0.4, 0.5) is 11.4 Å². The molecular weight excluding hydrogens is 328 g/mol. The number of nitrogens with zero attached hydrogens (tertiary/aromatic N) is 1. The molecule has 0 saturated carbocycles. The molecule has 0 bridgehead atoms. The second-order valence-corrected chi connectivity index (χ2v) is 5.70. The van der Waals surface area contributed by atoms with E-state index in [4.69, 9.17) is 5.73 Å². The maximum Gasteiger partial charge on any atom is 0.255 e. The Labute approximate surface area is 151 Å². The largest absolute Gasteiger partial charge is 0.399 e. The lowest BCUT2D eigenvalue weighted by molar-refractivity contribution is 0.0949. The van der Waals surface area contributed by atoms with Crippen molar-refractivity contribution < 1.29 is 9.59 Å². The highest BCUT2D eigenvalue weighted by atomic mass is 16.2. The number of hydrogen-bond acceptors (Lipinski definition) is 4. The van der Waals surface area contributed by atoms with Gasteiger partial charge in [-0.05, 0) is 54.1 Å². The van der Waals surface area contributed by atoms with Crippen LogP contribution >= 0.6 is 0 Å². The molecule has 2 aromatic carbocycles. The zero-order chi connectivity index (χ0) is 18.4. The second-order valence-electron chi connectivity index (χ2n) is 5.70. The van der Waals surface area contributed by atoms with E-state index < -0.39 is 0 Å². The number of aromatic nitrogens is 1. The van der Waals surface area contributed by atoms with Crippen molar-refractivity contribution in [2.45, 2.75) is 6.54 Å². The van der Waals surface area contributed by atoms with Gasteiger partial charge in [0.05, 0.1) is 5.56 Å². The van der Waals surface area contributed by atoms with Gasteiger partial charge in [-0.3, -0.25) is 14.6 Å². The van der Waals surface area contributed by atoms with Crippen molar-refractivity contribution in [3.8, 4) is 0 Å². The van der Waals surface area contributed by atoms with Gasteiger partial charge in [-0.2, -0.15) is 0 Å². The molecule has 3 rings (SSSR count). The highest BCUT2D eigenvalue weighted by Crippen LogP contribution is 2.13. The Morgan fingerprint density at radius 1 is 0.923 bits per heavy atom. The number of nitrogens with one attached hydrogen (secondary N) is 2. The van der Waals surface area contributed by atoms with Crippen molar-refractivity contribution in [3.63, 3.8) is 0 Å². The fourth-order valence-electron chi connectivity index (χ4n) is 2.38. The number of amides is 2. The van der Waals surface area contributed by atoms with Crippen LogP contribution in [0.3, 0.4) is 0 Å². The Hall–Kier alpha value is -3.67. The molecular formula is C20H18N4O2. The lowest BCUT2D eigenvalue weighted by Crippen LogP contribution is -2.23. The van der Waals surface area contributed by atoms with Gasteiger partial charge >= 0.3 is 0 Å². The zero-order valence-electron chi connectivity index (χ0n) is 14.0. The van der Waals surface area contributed by atoms with Crippen molar-refractivity contribution in [1.82, 2.24) is 10.3 Å². The fraction of sp³-hybridized carbons (Fsp3) is 0.0500. The average molecular weight is 346 g/mol. The molecule has 0 aliphatic carbocycles. The molecule has 26 heavy (non-hydrogen) atoms. The summed E-state index contributed by atoms with van der Waals surface area (Å²) in [4.78, 5) is 28.2. The Morgan fingerprint density at radius 3 is 2.46 bits per heavy atom. The zero-order valence-corrected chi connectivity index (χ0v) is 14.0. The molecule has 6 heteroatoms. The summed E-state index contributed by atoms with van der Waals surface area (Å²) in [7, 11) is 0. The molecule has 0 aliphatic heterocycles. The topological polar surface area (TPSA) is 97.1 Å². The van der Waals surface area contributed by atoms with E-state index in [0.29, 0.717) is 29.0 Å². The highest BCUT2D eigenvalue weighted by Gasteiger charge is 2.07. The van der Waals surface area contributed by atoms with Gasteiger partial charge in [0.25, 0.3) is 11.8 Å². The summed E-state index contributed by atoms with van der Waals surface area (Å²) in [6.07, 6.45) is 3.13. The summed E-state index contributed by atoms with van der Waals surface area (Å²) < 4.78 is 0.